The topological polar surface area (TPSA) is 40.5 Å². The maximum absolute atomic E-state index is 8.36. The van der Waals surface area contributed by atoms with E-state index in [2.05, 4.69) is 0 Å². The first kappa shape index (κ1) is 11.7. The molecule has 0 aliphatic heterocycles. The summed E-state index contributed by atoms with van der Waals surface area (Å²) in [5.41, 5.74) is 0. The van der Waals surface area contributed by atoms with Gasteiger partial charge in [-0.15, -0.1) is 0 Å². The Morgan fingerprint density at radius 1 is 1.33 bits per heavy atom. The number of aliphatic hydroxyl groups excluding tert-OH is 2. The van der Waals surface area contributed by atoms with Crippen LogP contribution in [0, 0.1) is 0 Å². The SMILES string of the molecule is CCC(C)O.CCCO. The van der Waals surface area contributed by atoms with E-state index < -0.39 is 0 Å². The zero-order chi connectivity index (χ0) is 7.70. The van der Waals surface area contributed by atoms with E-state index in [-0.39, 0.29) is 6.10 Å². The molecule has 0 aliphatic rings. The van der Waals surface area contributed by atoms with Gasteiger partial charge in [0.05, 0.1) is 6.10 Å². The highest BCUT2D eigenvalue weighted by Crippen LogP contribution is 1.81. The molecule has 0 fully saturated rings. The average molecular weight is 134 g/mol. The van der Waals surface area contributed by atoms with Crippen molar-refractivity contribution in [2.45, 2.75) is 39.7 Å². The molecular formula is C7H18O2. The predicted octanol–water partition coefficient (Wildman–Crippen LogP) is 1.17. The van der Waals surface area contributed by atoms with E-state index in [1.54, 1.807) is 6.92 Å². The molecule has 0 amide bonds. The molecule has 0 spiro atoms. The van der Waals surface area contributed by atoms with Crippen molar-refractivity contribution in [1.82, 2.24) is 0 Å². The molecule has 0 rings (SSSR count). The summed E-state index contributed by atoms with van der Waals surface area (Å²) in [6.07, 6.45) is 1.62. The molecule has 0 aromatic carbocycles. The Balaban J connectivity index is 0. The standard InChI is InChI=1S/C4H10O.C3H8O/c1-3-4(2)5;1-2-3-4/h4-5H,3H2,1-2H3;4H,2-3H2,1H3. The molecule has 0 aliphatic carbocycles. The lowest BCUT2D eigenvalue weighted by molar-refractivity contribution is 0.191. The first-order valence-electron chi connectivity index (χ1n) is 3.47. The van der Waals surface area contributed by atoms with Crippen LogP contribution < -0.4 is 0 Å². The van der Waals surface area contributed by atoms with Gasteiger partial charge in [0.2, 0.25) is 0 Å². The van der Waals surface area contributed by atoms with Gasteiger partial charge in [0, 0.05) is 6.61 Å². The van der Waals surface area contributed by atoms with Crippen LogP contribution >= 0.6 is 0 Å². The lowest BCUT2D eigenvalue weighted by atomic mass is 10.3. The molecule has 0 aromatic rings. The summed E-state index contributed by atoms with van der Waals surface area (Å²) >= 11 is 0. The van der Waals surface area contributed by atoms with Gasteiger partial charge in [-0.25, -0.2) is 0 Å². The van der Waals surface area contributed by atoms with Crippen molar-refractivity contribution >= 4 is 0 Å². The summed E-state index contributed by atoms with van der Waals surface area (Å²) in [5.74, 6) is 0. The Kier molecular flexibility index (Phi) is 14.0. The summed E-state index contributed by atoms with van der Waals surface area (Å²) in [6, 6.07) is 0. The average Bonchev–Trinajstić information content (AvgIpc) is 1.89. The lowest BCUT2D eigenvalue weighted by Crippen LogP contribution is -1.93. The minimum absolute atomic E-state index is 0.116. The minimum Gasteiger partial charge on any atom is -0.396 e. The van der Waals surface area contributed by atoms with Gasteiger partial charge in [-0.1, -0.05) is 13.8 Å². The smallest absolute Gasteiger partial charge is 0.0509 e. The van der Waals surface area contributed by atoms with Crippen molar-refractivity contribution in [2.75, 3.05) is 6.61 Å². The Bertz CT molecular complexity index is 33.9. The lowest BCUT2D eigenvalue weighted by Gasteiger charge is -1.90. The monoisotopic (exact) mass is 134 g/mol. The fourth-order valence-corrected chi connectivity index (χ4v) is 0. The Hall–Kier alpha value is -0.0800. The van der Waals surface area contributed by atoms with Crippen LogP contribution in [0.1, 0.15) is 33.6 Å². The Labute approximate surface area is 57.5 Å². The van der Waals surface area contributed by atoms with Crippen molar-refractivity contribution in [1.29, 1.82) is 0 Å². The van der Waals surface area contributed by atoms with Crippen LogP contribution in [-0.2, 0) is 0 Å². The van der Waals surface area contributed by atoms with Gasteiger partial charge in [-0.2, -0.15) is 0 Å². The molecule has 58 valence electrons. The number of aliphatic hydroxyl groups is 2. The van der Waals surface area contributed by atoms with Crippen LogP contribution in [0.4, 0.5) is 0 Å². The van der Waals surface area contributed by atoms with Gasteiger partial charge in [-0.3, -0.25) is 0 Å². The summed E-state index contributed by atoms with van der Waals surface area (Å²) in [4.78, 5) is 0. The van der Waals surface area contributed by atoms with E-state index in [0.717, 1.165) is 12.8 Å². The van der Waals surface area contributed by atoms with E-state index in [9.17, 15) is 0 Å². The first-order chi connectivity index (χ1) is 4.18. The van der Waals surface area contributed by atoms with Crippen LogP contribution in [-0.4, -0.2) is 22.9 Å². The third kappa shape index (κ3) is 32.6. The molecule has 2 heteroatoms. The summed E-state index contributed by atoms with van der Waals surface area (Å²) in [6.45, 7) is 5.98. The Morgan fingerprint density at radius 2 is 1.56 bits per heavy atom. The molecule has 1 atom stereocenters. The highest BCUT2D eigenvalue weighted by atomic mass is 16.3. The zero-order valence-electron chi connectivity index (χ0n) is 6.59. The maximum Gasteiger partial charge on any atom is 0.0509 e. The van der Waals surface area contributed by atoms with Crippen molar-refractivity contribution < 1.29 is 10.2 Å². The molecular weight excluding hydrogens is 116 g/mol. The zero-order valence-corrected chi connectivity index (χ0v) is 6.59. The largest absolute Gasteiger partial charge is 0.396 e. The molecule has 0 heterocycles. The molecule has 0 saturated carbocycles. The molecule has 9 heavy (non-hydrogen) atoms. The van der Waals surface area contributed by atoms with E-state index in [0.29, 0.717) is 6.61 Å². The van der Waals surface area contributed by atoms with Gasteiger partial charge in [-0.05, 0) is 19.8 Å². The minimum atomic E-state index is -0.116. The van der Waals surface area contributed by atoms with Crippen molar-refractivity contribution in [3.63, 3.8) is 0 Å². The van der Waals surface area contributed by atoms with Crippen LogP contribution in [0.25, 0.3) is 0 Å². The number of hydrogen-bond acceptors (Lipinski definition) is 2. The van der Waals surface area contributed by atoms with Crippen molar-refractivity contribution in [3.05, 3.63) is 0 Å². The van der Waals surface area contributed by atoms with Crippen LogP contribution in [0.5, 0.6) is 0 Å². The highest BCUT2D eigenvalue weighted by Gasteiger charge is 1.81. The van der Waals surface area contributed by atoms with Gasteiger partial charge in [0.25, 0.3) is 0 Å². The second kappa shape index (κ2) is 10.8. The second-order valence-corrected chi connectivity index (χ2v) is 1.98. The first-order valence-corrected chi connectivity index (χ1v) is 3.47. The highest BCUT2D eigenvalue weighted by molar-refractivity contribution is 4.34. The fourth-order valence-electron chi connectivity index (χ4n) is 0. The molecule has 2 nitrogen and oxygen atoms in total. The van der Waals surface area contributed by atoms with Crippen LogP contribution in [0.2, 0.25) is 0 Å². The van der Waals surface area contributed by atoms with Crippen LogP contribution in [0.15, 0.2) is 0 Å². The number of hydrogen-bond donors (Lipinski definition) is 2. The third-order valence-electron chi connectivity index (χ3n) is 0.814. The quantitative estimate of drug-likeness (QED) is 0.595. The summed E-state index contributed by atoms with van der Waals surface area (Å²) in [7, 11) is 0. The van der Waals surface area contributed by atoms with Gasteiger partial charge in [0.15, 0.2) is 0 Å². The van der Waals surface area contributed by atoms with Gasteiger partial charge in [0.1, 0.15) is 0 Å². The van der Waals surface area contributed by atoms with Gasteiger partial charge < -0.3 is 10.2 Å². The molecule has 1 unspecified atom stereocenters. The van der Waals surface area contributed by atoms with Crippen molar-refractivity contribution in [3.8, 4) is 0 Å². The van der Waals surface area contributed by atoms with E-state index in [1.807, 2.05) is 13.8 Å². The normalized spacial score (nSPS) is 11.7. The summed E-state index contributed by atoms with van der Waals surface area (Å²) < 4.78 is 0. The Morgan fingerprint density at radius 3 is 1.56 bits per heavy atom. The van der Waals surface area contributed by atoms with Gasteiger partial charge >= 0.3 is 0 Å². The molecule has 0 radical (unpaired) electrons. The fraction of sp³-hybridized carbons (Fsp3) is 1.00. The molecule has 2 N–H and O–H groups in total. The number of rotatable bonds is 2. The van der Waals surface area contributed by atoms with E-state index >= 15 is 0 Å². The third-order valence-corrected chi connectivity index (χ3v) is 0.814. The second-order valence-electron chi connectivity index (χ2n) is 1.98. The van der Waals surface area contributed by atoms with E-state index in [4.69, 9.17) is 10.2 Å². The van der Waals surface area contributed by atoms with Crippen molar-refractivity contribution in [2.24, 2.45) is 0 Å². The molecule has 0 aromatic heterocycles. The van der Waals surface area contributed by atoms with E-state index in [1.165, 1.54) is 0 Å². The molecule has 0 bridgehead atoms. The van der Waals surface area contributed by atoms with Crippen LogP contribution in [0.3, 0.4) is 0 Å². The maximum atomic E-state index is 8.36. The predicted molar refractivity (Wildman–Crippen MR) is 39.3 cm³/mol. The summed E-state index contributed by atoms with van der Waals surface area (Å²) in [5, 5.41) is 16.2. The molecule has 0 saturated heterocycles.